The van der Waals surface area contributed by atoms with E-state index in [0.717, 1.165) is 29.9 Å². The normalized spacial score (nSPS) is 14.2. The quantitative estimate of drug-likeness (QED) is 0.908. The Morgan fingerprint density at radius 1 is 1.45 bits per heavy atom. The first-order chi connectivity index (χ1) is 9.76. The molecule has 0 saturated heterocycles. The number of ether oxygens (including phenoxy) is 1. The number of amides is 1. The van der Waals surface area contributed by atoms with Crippen LogP contribution in [0, 0.1) is 0 Å². The van der Waals surface area contributed by atoms with Gasteiger partial charge in [-0.05, 0) is 30.5 Å². The lowest BCUT2D eigenvalue weighted by Gasteiger charge is -2.05. The predicted octanol–water partition coefficient (Wildman–Crippen LogP) is 2.95. The Bertz CT molecular complexity index is 617. The van der Waals surface area contributed by atoms with Crippen LogP contribution in [0.4, 0.5) is 5.69 Å². The molecule has 1 saturated carbocycles. The van der Waals surface area contributed by atoms with Crippen molar-refractivity contribution in [3.8, 4) is 0 Å². The summed E-state index contributed by atoms with van der Waals surface area (Å²) in [5.41, 5.74) is 2.05. The number of carbonyl (C=O) groups is 1. The highest BCUT2D eigenvalue weighted by molar-refractivity contribution is 6.02. The molecule has 1 aromatic carbocycles. The molecule has 0 radical (unpaired) electrons. The summed E-state index contributed by atoms with van der Waals surface area (Å²) in [6, 6.07) is 9.26. The van der Waals surface area contributed by atoms with Crippen LogP contribution in [0.15, 0.2) is 34.9 Å². The Morgan fingerprint density at radius 2 is 2.30 bits per heavy atom. The molecule has 1 aliphatic rings. The van der Waals surface area contributed by atoms with Gasteiger partial charge in [0.1, 0.15) is 5.76 Å². The summed E-state index contributed by atoms with van der Waals surface area (Å²) in [4.78, 5) is 12.1. The average Bonchev–Trinajstić information content (AvgIpc) is 3.17. The van der Waals surface area contributed by atoms with Gasteiger partial charge in [0.2, 0.25) is 0 Å². The van der Waals surface area contributed by atoms with Gasteiger partial charge >= 0.3 is 0 Å². The SMILES string of the molecule is COCc1cccc(NC(=O)c2cc(C3CC3)on2)c1. The molecule has 0 aliphatic heterocycles. The Kier molecular flexibility index (Phi) is 3.52. The molecule has 1 heterocycles. The lowest BCUT2D eigenvalue weighted by molar-refractivity contribution is 0.101. The number of carbonyl (C=O) groups excluding carboxylic acids is 1. The van der Waals surface area contributed by atoms with Crippen LogP contribution in [0.5, 0.6) is 0 Å². The van der Waals surface area contributed by atoms with E-state index in [2.05, 4.69) is 10.5 Å². The van der Waals surface area contributed by atoms with Crippen LogP contribution in [-0.4, -0.2) is 18.2 Å². The molecule has 1 aliphatic carbocycles. The molecule has 1 N–H and O–H groups in total. The Labute approximate surface area is 116 Å². The molecule has 5 heteroatoms. The van der Waals surface area contributed by atoms with E-state index in [1.807, 2.05) is 24.3 Å². The molecule has 1 aromatic heterocycles. The summed E-state index contributed by atoms with van der Waals surface area (Å²) in [6.45, 7) is 0.513. The predicted molar refractivity (Wildman–Crippen MR) is 73.6 cm³/mol. The number of methoxy groups -OCH3 is 1. The van der Waals surface area contributed by atoms with Crippen LogP contribution in [0.2, 0.25) is 0 Å². The summed E-state index contributed by atoms with van der Waals surface area (Å²) < 4.78 is 10.2. The van der Waals surface area contributed by atoms with Gasteiger partial charge in [0.25, 0.3) is 5.91 Å². The van der Waals surface area contributed by atoms with Gasteiger partial charge in [-0.2, -0.15) is 0 Å². The van der Waals surface area contributed by atoms with E-state index in [9.17, 15) is 4.79 Å². The summed E-state index contributed by atoms with van der Waals surface area (Å²) in [5.74, 6) is 1.01. The maximum Gasteiger partial charge on any atom is 0.277 e. The zero-order valence-electron chi connectivity index (χ0n) is 11.3. The number of anilines is 1. The number of rotatable bonds is 5. The van der Waals surface area contributed by atoms with E-state index in [-0.39, 0.29) is 5.91 Å². The maximum atomic E-state index is 12.1. The van der Waals surface area contributed by atoms with Gasteiger partial charge in [-0.25, -0.2) is 0 Å². The van der Waals surface area contributed by atoms with E-state index >= 15 is 0 Å². The van der Waals surface area contributed by atoms with Gasteiger partial charge in [0, 0.05) is 24.8 Å². The second kappa shape index (κ2) is 5.46. The van der Waals surface area contributed by atoms with Crippen molar-refractivity contribution in [3.05, 3.63) is 47.3 Å². The van der Waals surface area contributed by atoms with E-state index in [4.69, 9.17) is 9.26 Å². The van der Waals surface area contributed by atoms with Crippen LogP contribution in [0.1, 0.15) is 40.6 Å². The minimum Gasteiger partial charge on any atom is -0.380 e. The van der Waals surface area contributed by atoms with Crippen LogP contribution in [0.3, 0.4) is 0 Å². The molecule has 5 nitrogen and oxygen atoms in total. The van der Waals surface area contributed by atoms with Crippen molar-refractivity contribution in [2.75, 3.05) is 12.4 Å². The smallest absolute Gasteiger partial charge is 0.277 e. The molecular formula is C15H16N2O3. The second-order valence-electron chi connectivity index (χ2n) is 4.98. The number of benzene rings is 1. The van der Waals surface area contributed by atoms with Crippen molar-refractivity contribution in [2.45, 2.75) is 25.4 Å². The molecule has 1 amide bonds. The van der Waals surface area contributed by atoms with Crippen LogP contribution < -0.4 is 5.32 Å². The highest BCUT2D eigenvalue weighted by atomic mass is 16.5. The molecule has 0 atom stereocenters. The van der Waals surface area contributed by atoms with Gasteiger partial charge in [-0.15, -0.1) is 0 Å². The zero-order chi connectivity index (χ0) is 13.9. The van der Waals surface area contributed by atoms with Crippen molar-refractivity contribution in [3.63, 3.8) is 0 Å². The lowest BCUT2D eigenvalue weighted by Crippen LogP contribution is -2.12. The molecule has 1 fully saturated rings. The number of nitrogens with zero attached hydrogens (tertiary/aromatic N) is 1. The van der Waals surface area contributed by atoms with E-state index in [1.165, 1.54) is 0 Å². The fourth-order valence-corrected chi connectivity index (χ4v) is 2.06. The topological polar surface area (TPSA) is 64.4 Å². The van der Waals surface area contributed by atoms with Gasteiger partial charge in [-0.1, -0.05) is 17.3 Å². The number of nitrogens with one attached hydrogen (secondary N) is 1. The van der Waals surface area contributed by atoms with Gasteiger partial charge in [0.15, 0.2) is 5.69 Å². The molecular weight excluding hydrogens is 256 g/mol. The fraction of sp³-hybridized carbons (Fsp3) is 0.333. The summed E-state index contributed by atoms with van der Waals surface area (Å²) >= 11 is 0. The van der Waals surface area contributed by atoms with Crippen LogP contribution >= 0.6 is 0 Å². The number of hydrogen-bond acceptors (Lipinski definition) is 4. The zero-order valence-corrected chi connectivity index (χ0v) is 11.3. The monoisotopic (exact) mass is 272 g/mol. The first-order valence-corrected chi connectivity index (χ1v) is 6.62. The van der Waals surface area contributed by atoms with Gasteiger partial charge in [0.05, 0.1) is 6.61 Å². The third-order valence-corrected chi connectivity index (χ3v) is 3.24. The molecule has 3 rings (SSSR count). The van der Waals surface area contributed by atoms with E-state index in [0.29, 0.717) is 18.2 Å². The van der Waals surface area contributed by atoms with Crippen molar-refractivity contribution >= 4 is 11.6 Å². The van der Waals surface area contributed by atoms with Crippen molar-refractivity contribution in [1.29, 1.82) is 0 Å². The fourth-order valence-electron chi connectivity index (χ4n) is 2.06. The van der Waals surface area contributed by atoms with Crippen molar-refractivity contribution in [1.82, 2.24) is 5.16 Å². The number of hydrogen-bond donors (Lipinski definition) is 1. The molecule has 0 spiro atoms. The third kappa shape index (κ3) is 2.88. The van der Waals surface area contributed by atoms with Crippen LogP contribution in [0.25, 0.3) is 0 Å². The first-order valence-electron chi connectivity index (χ1n) is 6.62. The molecule has 0 bridgehead atoms. The third-order valence-electron chi connectivity index (χ3n) is 3.24. The van der Waals surface area contributed by atoms with E-state index in [1.54, 1.807) is 13.2 Å². The highest BCUT2D eigenvalue weighted by Gasteiger charge is 2.28. The summed E-state index contributed by atoms with van der Waals surface area (Å²) in [6.07, 6.45) is 2.24. The Balaban J connectivity index is 1.69. The summed E-state index contributed by atoms with van der Waals surface area (Å²) in [7, 11) is 1.64. The Hall–Kier alpha value is -2.14. The highest BCUT2D eigenvalue weighted by Crippen LogP contribution is 2.40. The largest absolute Gasteiger partial charge is 0.380 e. The van der Waals surface area contributed by atoms with Crippen LogP contribution in [-0.2, 0) is 11.3 Å². The molecule has 20 heavy (non-hydrogen) atoms. The minimum atomic E-state index is -0.254. The molecule has 0 unspecified atom stereocenters. The average molecular weight is 272 g/mol. The second-order valence-corrected chi connectivity index (χ2v) is 4.98. The number of aromatic nitrogens is 1. The molecule has 2 aromatic rings. The Morgan fingerprint density at radius 3 is 3.05 bits per heavy atom. The van der Waals surface area contributed by atoms with E-state index < -0.39 is 0 Å². The van der Waals surface area contributed by atoms with Gasteiger partial charge < -0.3 is 14.6 Å². The maximum absolute atomic E-state index is 12.1. The first kappa shape index (κ1) is 12.9. The van der Waals surface area contributed by atoms with Gasteiger partial charge in [-0.3, -0.25) is 4.79 Å². The minimum absolute atomic E-state index is 0.254. The molecule has 104 valence electrons. The van der Waals surface area contributed by atoms with Crippen molar-refractivity contribution < 1.29 is 14.1 Å². The lowest BCUT2D eigenvalue weighted by atomic mass is 10.2. The van der Waals surface area contributed by atoms with Crippen molar-refractivity contribution in [2.24, 2.45) is 0 Å². The summed E-state index contributed by atoms with van der Waals surface area (Å²) in [5, 5.41) is 6.63. The standard InChI is InChI=1S/C15H16N2O3/c1-19-9-10-3-2-4-12(7-10)16-15(18)13-8-14(20-17-13)11-5-6-11/h2-4,7-8,11H,5-6,9H2,1H3,(H,16,18).